The van der Waals surface area contributed by atoms with E-state index in [9.17, 15) is 29.0 Å². The number of fused-ring (bicyclic) bond motifs is 7. The van der Waals surface area contributed by atoms with E-state index in [1.807, 2.05) is 0 Å². The number of ketones is 1. The number of aliphatic hydroxyl groups excluding tert-OH is 1. The van der Waals surface area contributed by atoms with Gasteiger partial charge in [-0.25, -0.2) is 4.39 Å². The van der Waals surface area contributed by atoms with Gasteiger partial charge < -0.3 is 20.3 Å². The second-order valence-electron chi connectivity index (χ2n) is 19.9. The zero-order valence-electron chi connectivity index (χ0n) is 33.5. The Morgan fingerprint density at radius 3 is 2.36 bits per heavy atom. The maximum atomic E-state index is 14.7. The van der Waals surface area contributed by atoms with Gasteiger partial charge in [0.1, 0.15) is 11.9 Å². The molecule has 0 amide bonds. The number of nitrogens with one attached hydrogen (secondary N) is 1. The monoisotopic (exact) mass is 755 g/mol. The third-order valence-electron chi connectivity index (χ3n) is 16.2. The molecule has 294 valence electrons. The van der Waals surface area contributed by atoms with Crippen molar-refractivity contribution in [2.75, 3.05) is 6.54 Å². The third kappa shape index (κ3) is 6.24. The van der Waals surface area contributed by atoms with Crippen LogP contribution in [0.2, 0.25) is 5.02 Å². The Hall–Kier alpha value is -2.29. The van der Waals surface area contributed by atoms with Crippen LogP contribution in [0.4, 0.5) is 4.39 Å². The maximum Gasteiger partial charge on any atom is 0.309 e. The lowest BCUT2D eigenvalue weighted by Gasteiger charge is -2.72. The lowest BCUT2D eigenvalue weighted by Crippen LogP contribution is -2.66. The summed E-state index contributed by atoms with van der Waals surface area (Å²) in [5, 5.41) is 25.1. The average molecular weight is 756 g/mol. The smallest absolute Gasteiger partial charge is 0.309 e. The van der Waals surface area contributed by atoms with Crippen molar-refractivity contribution in [3.05, 3.63) is 45.7 Å². The third-order valence-corrected chi connectivity index (χ3v) is 16.5. The quantitative estimate of drug-likeness (QED) is 0.204. The van der Waals surface area contributed by atoms with Gasteiger partial charge in [-0.05, 0) is 117 Å². The summed E-state index contributed by atoms with van der Waals surface area (Å²) >= 11 is 6.03. The molecule has 4 saturated carbocycles. The van der Waals surface area contributed by atoms with E-state index in [-0.39, 0.29) is 69.9 Å². The number of ether oxygens (including phenoxy) is 1. The summed E-state index contributed by atoms with van der Waals surface area (Å²) in [6.45, 7) is 19.9. The lowest BCUT2D eigenvalue weighted by atomic mass is 9.33. The second kappa shape index (κ2) is 13.7. The molecule has 0 aliphatic heterocycles. The number of hydrogen-bond acceptors (Lipinski definition) is 6. The first-order valence-corrected chi connectivity index (χ1v) is 20.5. The minimum Gasteiger partial charge on any atom is -0.481 e. The Kier molecular flexibility index (Phi) is 10.5. The number of benzene rings is 1. The molecule has 53 heavy (non-hydrogen) atoms. The number of aliphatic hydroxyl groups is 1. The molecule has 9 atom stereocenters. The summed E-state index contributed by atoms with van der Waals surface area (Å²) in [7, 11) is 0. The molecule has 3 unspecified atom stereocenters. The fourth-order valence-electron chi connectivity index (χ4n) is 13.1. The predicted octanol–water partition coefficient (Wildman–Crippen LogP) is 9.32. The number of carbonyl (C=O) groups is 3. The van der Waals surface area contributed by atoms with Gasteiger partial charge in [0, 0.05) is 35.9 Å². The number of aliphatic carboxylic acids is 1. The number of Topliss-reactive ketones (excluding diaryl/α,β-unsaturated/α-hetero) is 1. The van der Waals surface area contributed by atoms with Gasteiger partial charge in [0.05, 0.1) is 23.0 Å². The van der Waals surface area contributed by atoms with E-state index >= 15 is 0 Å². The normalized spacial score (nSPS) is 37.0. The Balaban J connectivity index is 1.26. The van der Waals surface area contributed by atoms with Crippen LogP contribution in [0.1, 0.15) is 132 Å². The Morgan fingerprint density at radius 2 is 1.70 bits per heavy atom. The van der Waals surface area contributed by atoms with Crippen LogP contribution in [0.5, 0.6) is 0 Å². The van der Waals surface area contributed by atoms with Gasteiger partial charge in [-0.3, -0.25) is 14.4 Å². The van der Waals surface area contributed by atoms with Crippen molar-refractivity contribution < 1.29 is 33.7 Å². The number of carboxylic acids is 1. The number of carbonyl (C=O) groups excluding carboxylic acids is 2. The largest absolute Gasteiger partial charge is 0.481 e. The minimum absolute atomic E-state index is 0.00641. The van der Waals surface area contributed by atoms with E-state index in [4.69, 9.17) is 16.3 Å². The van der Waals surface area contributed by atoms with Gasteiger partial charge in [-0.1, -0.05) is 77.8 Å². The van der Waals surface area contributed by atoms with Crippen molar-refractivity contribution >= 4 is 29.3 Å². The molecular formula is C44H63ClFNO6. The summed E-state index contributed by atoms with van der Waals surface area (Å²) in [5.41, 5.74) is 0.471. The van der Waals surface area contributed by atoms with Gasteiger partial charge >= 0.3 is 11.9 Å². The van der Waals surface area contributed by atoms with Crippen molar-refractivity contribution in [1.82, 2.24) is 5.32 Å². The molecule has 4 fully saturated rings. The van der Waals surface area contributed by atoms with Crippen LogP contribution >= 0.6 is 11.6 Å². The fourth-order valence-corrected chi connectivity index (χ4v) is 13.3. The number of carboxylic acid groups (broad SMARTS) is 1. The molecule has 9 heteroatoms. The van der Waals surface area contributed by atoms with Gasteiger partial charge in [0.15, 0.2) is 5.78 Å². The van der Waals surface area contributed by atoms with Crippen molar-refractivity contribution in [3.63, 3.8) is 0 Å². The second-order valence-corrected chi connectivity index (χ2v) is 20.3. The molecule has 6 rings (SSSR count). The fraction of sp³-hybridized carbons (Fsp3) is 0.750. The zero-order chi connectivity index (χ0) is 39.1. The molecule has 1 aromatic rings. The van der Waals surface area contributed by atoms with E-state index in [2.05, 4.69) is 53.8 Å². The molecule has 0 spiro atoms. The van der Waals surface area contributed by atoms with Crippen LogP contribution in [0.25, 0.3) is 0 Å². The highest BCUT2D eigenvalue weighted by atomic mass is 35.5. The van der Waals surface area contributed by atoms with Crippen molar-refractivity contribution in [1.29, 1.82) is 0 Å². The van der Waals surface area contributed by atoms with E-state index in [1.54, 1.807) is 26.0 Å². The summed E-state index contributed by atoms with van der Waals surface area (Å²) < 4.78 is 20.8. The molecule has 0 aromatic heterocycles. The van der Waals surface area contributed by atoms with E-state index in [1.165, 1.54) is 11.6 Å². The topological polar surface area (TPSA) is 113 Å². The first-order chi connectivity index (χ1) is 24.6. The van der Waals surface area contributed by atoms with Gasteiger partial charge in [0.2, 0.25) is 0 Å². The van der Waals surface area contributed by atoms with Crippen LogP contribution in [0.3, 0.4) is 0 Å². The standard InChI is InChI=1S/C44H63ClFNO6/c1-25(2)35-29(48)21-44(32(49)24-47-23-26-11-10-12-28(45)37(26)46)20-19-42(8)27(36(35)44)13-14-31-41(7)17-16-33(53-34(50)22-39(3,4)38(51)52)40(5,6)30(41)15-18-43(31,42)9/h10-12,25,27,30-33,47,49H,13-24H2,1-9H3,(H,51,52)/t27-,30?,31-,32?,33+,41+,42-,43-,44?/m1/s1. The van der Waals surface area contributed by atoms with Gasteiger partial charge in [0.25, 0.3) is 0 Å². The number of rotatable bonds is 10. The van der Waals surface area contributed by atoms with E-state index in [0.717, 1.165) is 56.9 Å². The van der Waals surface area contributed by atoms with Crippen molar-refractivity contribution in [3.8, 4) is 0 Å². The van der Waals surface area contributed by atoms with Crippen molar-refractivity contribution in [2.45, 2.75) is 145 Å². The Morgan fingerprint density at radius 1 is 1.00 bits per heavy atom. The van der Waals surface area contributed by atoms with Crippen LogP contribution in [0, 0.1) is 62.0 Å². The number of allylic oxidation sites excluding steroid dienone is 1. The molecule has 0 bridgehead atoms. The maximum absolute atomic E-state index is 14.7. The number of halogens is 2. The van der Waals surface area contributed by atoms with Crippen molar-refractivity contribution in [2.24, 2.45) is 56.2 Å². The molecule has 0 radical (unpaired) electrons. The molecule has 1 aromatic carbocycles. The van der Waals surface area contributed by atoms with Crippen LogP contribution < -0.4 is 5.32 Å². The molecule has 0 saturated heterocycles. The predicted molar refractivity (Wildman–Crippen MR) is 204 cm³/mol. The molecule has 7 nitrogen and oxygen atoms in total. The molecule has 0 heterocycles. The number of esters is 1. The molecular weight excluding hydrogens is 693 g/mol. The van der Waals surface area contributed by atoms with Crippen LogP contribution in [-0.2, 0) is 25.7 Å². The Bertz CT molecular complexity index is 1690. The minimum atomic E-state index is -1.18. The Labute approximate surface area is 321 Å². The molecule has 3 N–H and O–H groups in total. The summed E-state index contributed by atoms with van der Waals surface area (Å²) in [4.78, 5) is 38.8. The highest BCUT2D eigenvalue weighted by Crippen LogP contribution is 2.77. The van der Waals surface area contributed by atoms with Crippen LogP contribution in [-0.4, -0.2) is 46.7 Å². The first-order valence-electron chi connectivity index (χ1n) is 20.1. The summed E-state index contributed by atoms with van der Waals surface area (Å²) in [6.07, 6.45) is 6.56. The van der Waals surface area contributed by atoms with E-state index < -0.39 is 34.7 Å². The highest BCUT2D eigenvalue weighted by Gasteiger charge is 2.70. The van der Waals surface area contributed by atoms with Gasteiger partial charge in [-0.2, -0.15) is 0 Å². The number of hydrogen-bond donors (Lipinski definition) is 3. The average Bonchev–Trinajstić information content (AvgIpc) is 3.37. The molecule has 5 aliphatic carbocycles. The summed E-state index contributed by atoms with van der Waals surface area (Å²) in [5.74, 6) is -0.695. The zero-order valence-corrected chi connectivity index (χ0v) is 34.2. The molecule has 5 aliphatic rings. The van der Waals surface area contributed by atoms with Crippen LogP contribution in [0.15, 0.2) is 29.3 Å². The first kappa shape index (κ1) is 40.4. The van der Waals surface area contributed by atoms with E-state index in [0.29, 0.717) is 23.8 Å². The van der Waals surface area contributed by atoms with Gasteiger partial charge in [-0.15, -0.1) is 0 Å². The lowest BCUT2D eigenvalue weighted by molar-refractivity contribution is -0.235. The SMILES string of the molecule is CC(C)C1=C2[C@H]3CC[C@@H]4[C@@]5(C)CC[C@H](OC(=O)CC(C)(C)C(=O)O)C(C)(C)C5CC[C@@]4(C)[C@]3(C)CCC2(C(O)CNCc2cccc(Cl)c2F)CC1=O. The summed E-state index contributed by atoms with van der Waals surface area (Å²) in [6, 6.07) is 4.95. The highest BCUT2D eigenvalue weighted by molar-refractivity contribution is 6.30.